The van der Waals surface area contributed by atoms with E-state index in [4.69, 9.17) is 0 Å². The minimum atomic E-state index is -4.61. The second-order valence-corrected chi connectivity index (χ2v) is 8.65. The van der Waals surface area contributed by atoms with Crippen molar-refractivity contribution >= 4 is 34.1 Å². The summed E-state index contributed by atoms with van der Waals surface area (Å²) < 4.78 is 40.2. The van der Waals surface area contributed by atoms with Gasteiger partial charge in [-0.3, -0.25) is 5.10 Å². The number of nitrogens with one attached hydrogen (secondary N) is 3. The molecule has 3 N–H and O–H groups in total. The maximum atomic E-state index is 13.4. The number of hydrogen-bond donors (Lipinski definition) is 3. The number of carbonyl (C=O) groups is 1. The highest BCUT2D eigenvalue weighted by molar-refractivity contribution is 6.00. The molecule has 4 aromatic rings. The van der Waals surface area contributed by atoms with E-state index in [0.717, 1.165) is 31.9 Å². The van der Waals surface area contributed by atoms with Crippen LogP contribution < -0.4 is 15.5 Å². The first-order chi connectivity index (χ1) is 17.3. The number of likely N-dealkylation sites (N-methyl/N-ethyl adjacent to an activating group) is 1. The minimum absolute atomic E-state index is 0.0556. The van der Waals surface area contributed by atoms with E-state index < -0.39 is 17.9 Å². The lowest BCUT2D eigenvalue weighted by Crippen LogP contribution is -2.44. The van der Waals surface area contributed by atoms with Gasteiger partial charge in [0.05, 0.1) is 5.39 Å². The summed E-state index contributed by atoms with van der Waals surface area (Å²) in [5.74, 6) is 0. The van der Waals surface area contributed by atoms with Crippen molar-refractivity contribution in [1.29, 1.82) is 0 Å². The zero-order valence-electron chi connectivity index (χ0n) is 19.4. The van der Waals surface area contributed by atoms with Crippen molar-refractivity contribution < 1.29 is 18.0 Å². The van der Waals surface area contributed by atoms with Crippen LogP contribution in [0.4, 0.5) is 35.0 Å². The van der Waals surface area contributed by atoms with Crippen LogP contribution in [-0.2, 0) is 6.18 Å². The van der Waals surface area contributed by atoms with Gasteiger partial charge in [0.15, 0.2) is 11.3 Å². The van der Waals surface area contributed by atoms with Crippen LogP contribution in [-0.4, -0.2) is 59.3 Å². The van der Waals surface area contributed by atoms with Crippen molar-refractivity contribution in [2.75, 3.05) is 48.8 Å². The quantitative estimate of drug-likeness (QED) is 0.369. The van der Waals surface area contributed by atoms with Gasteiger partial charge in [-0.05, 0) is 60.6 Å². The van der Waals surface area contributed by atoms with Crippen molar-refractivity contribution in [3.8, 4) is 11.1 Å². The number of halogens is 3. The molecular formula is C25H24F3N7O. The third-order valence-corrected chi connectivity index (χ3v) is 6.18. The standard InChI is InChI=1S/C25H24F3N7O/c1-34-12-14-35(15-13-34)19-8-6-18(7-9-19)31-24(36)30-17-4-2-16(3-5-17)20-10-11-29-23-21(20)22(32-33-23)25(26,27)28/h2-11H,12-15H2,1H3,(H,29,32,33)(H2,30,31,36). The molecule has 0 unspecified atom stereocenters. The van der Waals surface area contributed by atoms with Gasteiger partial charge >= 0.3 is 12.2 Å². The van der Waals surface area contributed by atoms with Crippen LogP contribution in [0.5, 0.6) is 0 Å². The maximum absolute atomic E-state index is 13.4. The first-order valence-corrected chi connectivity index (χ1v) is 11.4. The Hall–Kier alpha value is -4.12. The Balaban J connectivity index is 1.25. The number of rotatable bonds is 4. The number of benzene rings is 2. The molecule has 8 nitrogen and oxygen atoms in total. The Bertz CT molecular complexity index is 1360. The zero-order valence-corrected chi connectivity index (χ0v) is 19.4. The van der Waals surface area contributed by atoms with E-state index in [9.17, 15) is 18.0 Å². The number of hydrogen-bond acceptors (Lipinski definition) is 5. The number of nitrogens with zero attached hydrogens (tertiary/aromatic N) is 4. The van der Waals surface area contributed by atoms with Gasteiger partial charge in [-0.15, -0.1) is 0 Å². The lowest BCUT2D eigenvalue weighted by atomic mass is 10.0. The fourth-order valence-corrected chi connectivity index (χ4v) is 4.24. The molecule has 186 valence electrons. The number of aromatic nitrogens is 3. The van der Waals surface area contributed by atoms with Gasteiger partial charge in [-0.2, -0.15) is 18.3 Å². The maximum Gasteiger partial charge on any atom is 0.435 e. The highest BCUT2D eigenvalue weighted by atomic mass is 19.4. The predicted octanol–water partition coefficient (Wildman–Crippen LogP) is 5.04. The molecule has 2 amide bonds. The molecule has 1 saturated heterocycles. The minimum Gasteiger partial charge on any atom is -0.369 e. The number of H-pyrrole nitrogens is 1. The number of amides is 2. The van der Waals surface area contributed by atoms with Crippen molar-refractivity contribution in [2.24, 2.45) is 0 Å². The second-order valence-electron chi connectivity index (χ2n) is 8.65. The molecular weight excluding hydrogens is 471 g/mol. The van der Waals surface area contributed by atoms with Gasteiger partial charge in [0.1, 0.15) is 0 Å². The first-order valence-electron chi connectivity index (χ1n) is 11.4. The summed E-state index contributed by atoms with van der Waals surface area (Å²) in [6.45, 7) is 3.95. The summed E-state index contributed by atoms with van der Waals surface area (Å²) >= 11 is 0. The molecule has 1 fully saturated rings. The summed E-state index contributed by atoms with van der Waals surface area (Å²) in [6, 6.07) is 15.3. The fraction of sp³-hybridized carbons (Fsp3) is 0.240. The van der Waals surface area contributed by atoms with Gasteiger partial charge in [0, 0.05) is 49.4 Å². The lowest BCUT2D eigenvalue weighted by Gasteiger charge is -2.34. The van der Waals surface area contributed by atoms with E-state index in [0.29, 0.717) is 22.5 Å². The average molecular weight is 496 g/mol. The molecule has 5 rings (SSSR count). The summed E-state index contributed by atoms with van der Waals surface area (Å²) in [6.07, 6.45) is -3.19. The highest BCUT2D eigenvalue weighted by Crippen LogP contribution is 2.37. The van der Waals surface area contributed by atoms with E-state index in [2.05, 4.69) is 42.7 Å². The van der Waals surface area contributed by atoms with Gasteiger partial charge < -0.3 is 20.4 Å². The van der Waals surface area contributed by atoms with Crippen molar-refractivity contribution in [2.45, 2.75) is 6.18 Å². The van der Waals surface area contributed by atoms with Crippen LogP contribution in [0.1, 0.15) is 5.69 Å². The van der Waals surface area contributed by atoms with Crippen LogP contribution in [0.15, 0.2) is 60.8 Å². The van der Waals surface area contributed by atoms with Crippen LogP contribution in [0.3, 0.4) is 0 Å². The monoisotopic (exact) mass is 495 g/mol. The smallest absolute Gasteiger partial charge is 0.369 e. The van der Waals surface area contributed by atoms with E-state index in [1.807, 2.05) is 24.3 Å². The molecule has 0 spiro atoms. The Labute approximate surface area is 205 Å². The topological polar surface area (TPSA) is 89.2 Å². The number of aromatic amines is 1. The van der Waals surface area contributed by atoms with Gasteiger partial charge in [-0.25, -0.2) is 9.78 Å². The average Bonchev–Trinajstić information content (AvgIpc) is 3.31. The zero-order chi connectivity index (χ0) is 25.3. The number of pyridine rings is 1. The fourth-order valence-electron chi connectivity index (χ4n) is 4.24. The largest absolute Gasteiger partial charge is 0.435 e. The Morgan fingerprint density at radius 2 is 1.53 bits per heavy atom. The van der Waals surface area contributed by atoms with E-state index in [-0.39, 0.29) is 11.0 Å². The first kappa shape index (κ1) is 23.6. The summed E-state index contributed by atoms with van der Waals surface area (Å²) in [5.41, 5.74) is 2.19. The van der Waals surface area contributed by atoms with Crippen LogP contribution in [0.2, 0.25) is 0 Å². The molecule has 1 aliphatic rings. The number of anilines is 3. The molecule has 36 heavy (non-hydrogen) atoms. The molecule has 2 aromatic heterocycles. The molecule has 0 atom stereocenters. The highest BCUT2D eigenvalue weighted by Gasteiger charge is 2.37. The number of fused-ring (bicyclic) bond motifs is 1. The Morgan fingerprint density at radius 3 is 2.14 bits per heavy atom. The third kappa shape index (κ3) is 4.96. The van der Waals surface area contributed by atoms with Crippen LogP contribution in [0, 0.1) is 0 Å². The molecule has 1 aliphatic heterocycles. The second kappa shape index (κ2) is 9.50. The van der Waals surface area contributed by atoms with E-state index >= 15 is 0 Å². The van der Waals surface area contributed by atoms with E-state index in [1.165, 1.54) is 12.3 Å². The van der Waals surface area contributed by atoms with E-state index in [1.54, 1.807) is 24.3 Å². The van der Waals surface area contributed by atoms with Crippen LogP contribution >= 0.6 is 0 Å². The number of piperazine rings is 1. The summed E-state index contributed by atoms with van der Waals surface area (Å²) in [5, 5.41) is 11.2. The van der Waals surface area contributed by atoms with Crippen molar-refractivity contribution in [1.82, 2.24) is 20.1 Å². The Morgan fingerprint density at radius 1 is 0.917 bits per heavy atom. The summed E-state index contributed by atoms with van der Waals surface area (Å²) in [4.78, 5) is 21.0. The van der Waals surface area contributed by atoms with Gasteiger partial charge in [0.2, 0.25) is 0 Å². The molecule has 0 bridgehead atoms. The third-order valence-electron chi connectivity index (χ3n) is 6.18. The van der Waals surface area contributed by atoms with Crippen LogP contribution in [0.25, 0.3) is 22.2 Å². The molecule has 3 heterocycles. The van der Waals surface area contributed by atoms with Gasteiger partial charge in [0.25, 0.3) is 0 Å². The van der Waals surface area contributed by atoms with Crippen molar-refractivity contribution in [3.63, 3.8) is 0 Å². The Kier molecular flexibility index (Phi) is 6.23. The molecule has 11 heteroatoms. The number of alkyl halides is 3. The summed E-state index contributed by atoms with van der Waals surface area (Å²) in [7, 11) is 2.11. The number of carbonyl (C=O) groups excluding carboxylic acids is 1. The molecule has 0 aliphatic carbocycles. The normalized spacial score (nSPS) is 14.7. The predicted molar refractivity (Wildman–Crippen MR) is 133 cm³/mol. The SMILES string of the molecule is CN1CCN(c2ccc(NC(=O)Nc3ccc(-c4ccnc5[nH]nc(C(F)(F)F)c45)cc3)cc2)CC1. The lowest BCUT2D eigenvalue weighted by molar-refractivity contribution is -0.139. The van der Waals surface area contributed by atoms with Gasteiger partial charge in [-0.1, -0.05) is 12.1 Å². The number of urea groups is 1. The molecule has 0 radical (unpaired) electrons. The molecule has 2 aromatic carbocycles. The van der Waals surface area contributed by atoms with Crippen molar-refractivity contribution in [3.05, 3.63) is 66.5 Å². The molecule has 0 saturated carbocycles.